The molecule has 1 fully saturated rings. The maximum absolute atomic E-state index is 8.40. The van der Waals surface area contributed by atoms with E-state index < -0.39 is 34.2 Å². The van der Waals surface area contributed by atoms with Crippen LogP contribution in [0.2, 0.25) is 26.2 Å². The van der Waals surface area contributed by atoms with Gasteiger partial charge >= 0.3 is 34.2 Å². The van der Waals surface area contributed by atoms with Crippen LogP contribution in [0.4, 0.5) is 0 Å². The quantitative estimate of drug-likeness (QED) is 0.142. The van der Waals surface area contributed by atoms with E-state index in [4.69, 9.17) is 16.5 Å². The summed E-state index contributed by atoms with van der Waals surface area (Å²) < 4.78 is 33.6. The lowest BCUT2D eigenvalue weighted by Gasteiger charge is -2.51. The third-order valence-electron chi connectivity index (χ3n) is 12.9. The summed E-state index contributed by atoms with van der Waals surface area (Å²) in [7, 11) is -14.8. The van der Waals surface area contributed by atoms with Gasteiger partial charge in [-0.3, -0.25) is 0 Å². The largest absolute Gasteiger partial charge is 0.409 e. The van der Waals surface area contributed by atoms with Gasteiger partial charge < -0.3 is 16.5 Å². The first-order chi connectivity index (χ1) is 33.2. The van der Waals surface area contributed by atoms with Gasteiger partial charge in [0.25, 0.3) is 0 Å². The van der Waals surface area contributed by atoms with Gasteiger partial charge in [0.05, 0.1) is 0 Å². The Kier molecular flexibility index (Phi) is 11.5. The molecule has 0 radical (unpaired) electrons. The van der Waals surface area contributed by atoms with Gasteiger partial charge in [0.15, 0.2) is 0 Å². The fourth-order valence-corrected chi connectivity index (χ4v) is 32.2. The van der Waals surface area contributed by atoms with E-state index in [1.807, 2.05) is 0 Å². The van der Waals surface area contributed by atoms with Gasteiger partial charge in [-0.05, 0) is 93.0 Å². The van der Waals surface area contributed by atoms with Gasteiger partial charge in [-0.1, -0.05) is 243 Å². The number of hydrogen-bond donors (Lipinski definition) is 0. The molecule has 4 nitrogen and oxygen atoms in total. The lowest BCUT2D eigenvalue weighted by Crippen LogP contribution is -2.68. The van der Waals surface area contributed by atoms with Crippen LogP contribution in [-0.2, 0) is 16.5 Å². The Morgan fingerprint density at radius 2 is 0.353 bits per heavy atom. The second-order valence-electron chi connectivity index (χ2n) is 18.4. The average molecular weight is 949 g/mol. The molecule has 3 heterocycles. The van der Waals surface area contributed by atoms with E-state index >= 15 is 0 Å². The van der Waals surface area contributed by atoms with Crippen molar-refractivity contribution in [3.05, 3.63) is 287 Å². The van der Waals surface area contributed by atoms with Crippen LogP contribution < -0.4 is 0 Å². The molecule has 8 aromatic carbocycles. The summed E-state index contributed by atoms with van der Waals surface area (Å²) in [6, 6.07) is 86.3. The number of rotatable bonds is 8. The first-order valence-electron chi connectivity index (χ1n) is 23.4. The fraction of sp³-hybridized carbons (Fsp3) is 0.0667. The van der Waals surface area contributed by atoms with Crippen molar-refractivity contribution in [2.24, 2.45) is 0 Å². The Bertz CT molecular complexity index is 2790. The molecule has 0 atom stereocenters. The summed E-state index contributed by atoms with van der Waals surface area (Å²) in [4.78, 5) is 0. The Labute approximate surface area is 404 Å². The predicted molar refractivity (Wildman–Crippen MR) is 290 cm³/mol. The fourth-order valence-electron chi connectivity index (χ4n) is 10.6. The molecule has 0 aliphatic carbocycles. The highest BCUT2D eigenvalue weighted by molar-refractivity contribution is 7.17. The Hall–Kier alpha value is -6.57. The van der Waals surface area contributed by atoms with Gasteiger partial charge in [0.1, 0.15) is 0 Å². The zero-order valence-corrected chi connectivity index (χ0v) is 42.7. The van der Waals surface area contributed by atoms with Crippen molar-refractivity contribution in [3.8, 4) is 0 Å². The van der Waals surface area contributed by atoms with Crippen LogP contribution in [0, 0.1) is 0 Å². The summed E-state index contributed by atoms with van der Waals surface area (Å²) in [5.41, 5.74) is 13.1. The van der Waals surface area contributed by atoms with Crippen molar-refractivity contribution < 1.29 is 16.5 Å². The first-order valence-corrected chi connectivity index (χ1v) is 32.7. The topological polar surface area (TPSA) is 36.9 Å². The molecule has 1 saturated heterocycles. The van der Waals surface area contributed by atoms with Crippen molar-refractivity contribution in [3.63, 3.8) is 0 Å². The van der Waals surface area contributed by atoms with Crippen molar-refractivity contribution >= 4 is 77.3 Å². The van der Waals surface area contributed by atoms with E-state index in [1.165, 1.54) is 0 Å². The van der Waals surface area contributed by atoms with Gasteiger partial charge in [0.2, 0.25) is 0 Å². The Morgan fingerprint density at radius 3 is 0.515 bits per heavy atom. The standard InChI is InChI=1S/C60H52O4Si4/c1-65(2)61-67(57(49-37-21-9-22-38-49)53(45-29-13-5-14-30-45)54(46-31-15-6-16-32-46)58(67)50-39-23-10-24-40-50)63-66(3,4)64-68(62-65)59(51-41-25-11-26-42-51)55(47-33-17-7-18-34-47)56(48-35-19-8-20-36-48)60(68)52-43-27-12-28-44-52/h5-44H,1-4H3. The van der Waals surface area contributed by atoms with Crippen LogP contribution in [0.15, 0.2) is 243 Å². The van der Waals surface area contributed by atoms with Crippen molar-refractivity contribution in [2.75, 3.05) is 0 Å². The van der Waals surface area contributed by atoms with Gasteiger partial charge in [-0.15, -0.1) is 0 Å². The van der Waals surface area contributed by atoms with Crippen molar-refractivity contribution in [2.45, 2.75) is 26.2 Å². The molecular weight excluding hydrogens is 897 g/mol. The number of allylic oxidation sites excluding steroid dienone is 4. The number of benzene rings is 8. The molecule has 11 rings (SSSR count). The summed E-state index contributed by atoms with van der Waals surface area (Å²) >= 11 is 0. The maximum atomic E-state index is 8.40. The van der Waals surface area contributed by atoms with Crippen molar-refractivity contribution in [1.82, 2.24) is 0 Å². The van der Waals surface area contributed by atoms with E-state index in [0.717, 1.165) is 87.6 Å². The SMILES string of the molecule is C[Si]1(C)O[Si]2(O[Si](C)(C)O[Si]3(O1)C(c1ccccc1)=C(c1ccccc1)C(c1ccccc1)=C3c1ccccc1)C(c1ccccc1)=C(c1ccccc1)C(c1ccccc1)=C2c1ccccc1. The second-order valence-corrected chi connectivity index (χ2v) is 31.7. The van der Waals surface area contributed by atoms with Crippen molar-refractivity contribution in [1.29, 1.82) is 0 Å². The predicted octanol–water partition coefficient (Wildman–Crippen LogP) is 15.0. The van der Waals surface area contributed by atoms with E-state index in [1.54, 1.807) is 0 Å². The van der Waals surface area contributed by atoms with Crippen LogP contribution in [-0.4, -0.2) is 34.2 Å². The molecule has 0 N–H and O–H groups in total. The zero-order valence-electron chi connectivity index (χ0n) is 38.7. The van der Waals surface area contributed by atoms with E-state index in [0.29, 0.717) is 0 Å². The van der Waals surface area contributed by atoms with Gasteiger partial charge in [0, 0.05) is 20.8 Å². The highest BCUT2D eigenvalue weighted by atomic mass is 28.5. The molecule has 0 amide bonds. The molecule has 3 aliphatic heterocycles. The molecule has 332 valence electrons. The molecular formula is C60H52O4Si4. The number of hydrogen-bond acceptors (Lipinski definition) is 4. The minimum Gasteiger partial charge on any atom is -0.409 e. The Balaban J connectivity index is 1.26. The molecule has 68 heavy (non-hydrogen) atoms. The van der Waals surface area contributed by atoms with Crippen LogP contribution in [0.3, 0.4) is 0 Å². The second kappa shape index (κ2) is 17.8. The lowest BCUT2D eigenvalue weighted by molar-refractivity contribution is 0.256. The molecule has 8 aromatic rings. The minimum absolute atomic E-state index is 1.06. The molecule has 0 bridgehead atoms. The molecule has 0 saturated carbocycles. The molecule has 2 spiro atoms. The highest BCUT2D eigenvalue weighted by Gasteiger charge is 2.68. The van der Waals surface area contributed by atoms with E-state index in [-0.39, 0.29) is 0 Å². The maximum Gasteiger partial charge on any atom is 0.392 e. The first kappa shape index (κ1) is 44.0. The van der Waals surface area contributed by atoms with Crippen LogP contribution in [0.1, 0.15) is 44.5 Å². The van der Waals surface area contributed by atoms with E-state index in [2.05, 4.69) is 269 Å². The minimum atomic E-state index is -3.91. The normalized spacial score (nSPS) is 18.3. The molecule has 8 heteroatoms. The monoisotopic (exact) mass is 948 g/mol. The third kappa shape index (κ3) is 7.79. The lowest BCUT2D eigenvalue weighted by atomic mass is 9.89. The van der Waals surface area contributed by atoms with Crippen LogP contribution >= 0.6 is 0 Å². The summed E-state index contributed by atoms with van der Waals surface area (Å²) in [6.07, 6.45) is 0. The van der Waals surface area contributed by atoms with E-state index in [9.17, 15) is 0 Å². The Morgan fingerprint density at radius 1 is 0.206 bits per heavy atom. The summed E-state index contributed by atoms with van der Waals surface area (Å²) in [5, 5.41) is 4.30. The highest BCUT2D eigenvalue weighted by Crippen LogP contribution is 2.62. The zero-order chi connectivity index (χ0) is 46.4. The molecule has 0 unspecified atom stereocenters. The summed E-state index contributed by atoms with van der Waals surface area (Å²) in [5.74, 6) is 0. The smallest absolute Gasteiger partial charge is 0.392 e. The van der Waals surface area contributed by atoms with Gasteiger partial charge in [-0.25, -0.2) is 0 Å². The van der Waals surface area contributed by atoms with Gasteiger partial charge in [-0.2, -0.15) is 0 Å². The molecule has 3 aliphatic rings. The molecule has 0 aromatic heterocycles. The van der Waals surface area contributed by atoms with Crippen LogP contribution in [0.5, 0.6) is 0 Å². The average Bonchev–Trinajstić information content (AvgIpc) is 3.81. The third-order valence-corrected chi connectivity index (χ3v) is 30.1. The summed E-state index contributed by atoms with van der Waals surface area (Å²) in [6.45, 7) is 8.91. The van der Waals surface area contributed by atoms with Crippen LogP contribution in [0.25, 0.3) is 43.1 Å².